The lowest BCUT2D eigenvalue weighted by Crippen LogP contribution is -2.02. The van der Waals surface area contributed by atoms with Crippen LogP contribution in [0.5, 0.6) is 0 Å². The maximum absolute atomic E-state index is 4.61. The number of fused-ring (bicyclic) bond motifs is 1. The monoisotopic (exact) mass is 299 g/mol. The summed E-state index contributed by atoms with van der Waals surface area (Å²) in [6.07, 6.45) is 1.79. The van der Waals surface area contributed by atoms with Crippen molar-refractivity contribution in [1.82, 2.24) is 19.7 Å². The van der Waals surface area contributed by atoms with Crippen molar-refractivity contribution < 1.29 is 0 Å². The molecule has 0 unspecified atom stereocenters. The van der Waals surface area contributed by atoms with Crippen molar-refractivity contribution in [3.63, 3.8) is 0 Å². The summed E-state index contributed by atoms with van der Waals surface area (Å²) >= 11 is 1.74. The van der Waals surface area contributed by atoms with Gasteiger partial charge in [-0.25, -0.2) is 9.97 Å². The maximum atomic E-state index is 4.61. The Hall–Kier alpha value is -2.08. The van der Waals surface area contributed by atoms with E-state index in [1.54, 1.807) is 22.6 Å². The molecule has 0 bridgehead atoms. The molecule has 0 aliphatic carbocycles. The van der Waals surface area contributed by atoms with Crippen LogP contribution in [-0.4, -0.2) is 26.8 Å². The first-order chi connectivity index (χ1) is 10.2. The number of anilines is 1. The van der Waals surface area contributed by atoms with E-state index in [0.717, 1.165) is 28.4 Å². The van der Waals surface area contributed by atoms with E-state index in [1.807, 2.05) is 14.1 Å². The van der Waals surface area contributed by atoms with Gasteiger partial charge in [0.05, 0.1) is 17.3 Å². The number of thioether (sulfide) groups is 1. The Balaban J connectivity index is 1.88. The van der Waals surface area contributed by atoms with Crippen LogP contribution in [0.3, 0.4) is 0 Å². The highest BCUT2D eigenvalue weighted by Crippen LogP contribution is 2.25. The van der Waals surface area contributed by atoms with Crippen molar-refractivity contribution in [1.29, 1.82) is 0 Å². The molecule has 0 amide bonds. The van der Waals surface area contributed by atoms with Crippen LogP contribution in [0.25, 0.3) is 11.0 Å². The summed E-state index contributed by atoms with van der Waals surface area (Å²) in [4.78, 5) is 10.4. The van der Waals surface area contributed by atoms with Crippen molar-refractivity contribution in [2.45, 2.75) is 17.6 Å². The molecular weight excluding hydrogens is 282 g/mol. The number of rotatable bonds is 4. The van der Waals surface area contributed by atoms with Crippen molar-refractivity contribution in [3.8, 4) is 0 Å². The second-order valence-corrected chi connectivity index (χ2v) is 5.90. The van der Waals surface area contributed by atoms with Gasteiger partial charge in [0, 0.05) is 19.0 Å². The Kier molecular flexibility index (Phi) is 3.79. The van der Waals surface area contributed by atoms with Gasteiger partial charge < -0.3 is 5.32 Å². The second-order valence-electron chi connectivity index (χ2n) is 4.85. The maximum Gasteiger partial charge on any atom is 0.163 e. The number of aryl methyl sites for hydroxylation is 2. The van der Waals surface area contributed by atoms with Gasteiger partial charge in [-0.2, -0.15) is 5.10 Å². The molecule has 2 aromatic heterocycles. The van der Waals surface area contributed by atoms with Crippen LogP contribution < -0.4 is 5.32 Å². The van der Waals surface area contributed by atoms with E-state index in [4.69, 9.17) is 0 Å². The van der Waals surface area contributed by atoms with E-state index in [0.29, 0.717) is 0 Å². The van der Waals surface area contributed by atoms with Gasteiger partial charge in [-0.3, -0.25) is 4.68 Å². The van der Waals surface area contributed by atoms with Crippen LogP contribution in [0.15, 0.2) is 35.4 Å². The molecule has 0 aliphatic rings. The molecular formula is C15H17N5S. The van der Waals surface area contributed by atoms with Crippen LogP contribution in [0, 0.1) is 6.92 Å². The third kappa shape index (κ3) is 2.85. The van der Waals surface area contributed by atoms with E-state index in [1.165, 1.54) is 10.5 Å². The fourth-order valence-corrected chi connectivity index (χ4v) is 3.04. The highest BCUT2D eigenvalue weighted by Gasteiger charge is 2.10. The van der Waals surface area contributed by atoms with Gasteiger partial charge in [-0.05, 0) is 19.1 Å². The number of aromatic nitrogens is 4. The highest BCUT2D eigenvalue weighted by atomic mass is 32.2. The molecule has 0 atom stereocenters. The molecule has 0 spiro atoms. The molecule has 3 aromatic rings. The molecule has 6 heteroatoms. The number of nitrogens with one attached hydrogen (secondary N) is 1. The second kappa shape index (κ2) is 5.73. The Morgan fingerprint density at radius 1 is 1.29 bits per heavy atom. The van der Waals surface area contributed by atoms with Crippen molar-refractivity contribution >= 4 is 28.6 Å². The van der Waals surface area contributed by atoms with E-state index in [-0.39, 0.29) is 0 Å². The molecule has 108 valence electrons. The summed E-state index contributed by atoms with van der Waals surface area (Å²) in [5, 5.41) is 8.31. The predicted octanol–water partition coefficient (Wildman–Crippen LogP) is 3.01. The highest BCUT2D eigenvalue weighted by molar-refractivity contribution is 7.98. The largest absolute Gasteiger partial charge is 0.372 e. The number of hydrogen-bond acceptors (Lipinski definition) is 5. The van der Waals surface area contributed by atoms with Crippen molar-refractivity contribution in [2.24, 2.45) is 7.05 Å². The summed E-state index contributed by atoms with van der Waals surface area (Å²) in [6, 6.07) is 8.45. The number of benzene rings is 1. The van der Waals surface area contributed by atoms with Gasteiger partial charge in [-0.1, -0.05) is 17.7 Å². The third-order valence-electron chi connectivity index (χ3n) is 3.23. The van der Waals surface area contributed by atoms with E-state index >= 15 is 0 Å². The fraction of sp³-hybridized carbons (Fsp3) is 0.267. The van der Waals surface area contributed by atoms with Crippen molar-refractivity contribution in [2.75, 3.05) is 12.4 Å². The average Bonchev–Trinajstić information content (AvgIpc) is 2.86. The normalized spacial score (nSPS) is 11.0. The van der Waals surface area contributed by atoms with Crippen LogP contribution in [0.2, 0.25) is 0 Å². The van der Waals surface area contributed by atoms with Crippen molar-refractivity contribution in [3.05, 3.63) is 41.9 Å². The summed E-state index contributed by atoms with van der Waals surface area (Å²) in [5.74, 6) is 2.37. The molecule has 5 nitrogen and oxygen atoms in total. The van der Waals surface area contributed by atoms with E-state index < -0.39 is 0 Å². The molecule has 2 heterocycles. The third-order valence-corrected chi connectivity index (χ3v) is 4.22. The molecule has 1 N–H and O–H groups in total. The zero-order chi connectivity index (χ0) is 14.8. The number of hydrogen-bond donors (Lipinski definition) is 1. The Bertz CT molecular complexity index is 781. The Labute approximate surface area is 127 Å². The molecule has 1 aromatic carbocycles. The van der Waals surface area contributed by atoms with Gasteiger partial charge in [0.25, 0.3) is 0 Å². The van der Waals surface area contributed by atoms with Crippen LogP contribution in [0.4, 0.5) is 5.82 Å². The first-order valence-corrected chi connectivity index (χ1v) is 7.72. The molecule has 0 saturated carbocycles. The zero-order valence-corrected chi connectivity index (χ0v) is 13.1. The summed E-state index contributed by atoms with van der Waals surface area (Å²) in [6.45, 7) is 2.10. The molecule has 0 saturated heterocycles. The smallest absolute Gasteiger partial charge is 0.163 e. The molecule has 0 radical (unpaired) electrons. The van der Waals surface area contributed by atoms with Gasteiger partial charge in [0.1, 0.15) is 11.6 Å². The lowest BCUT2D eigenvalue weighted by atomic mass is 10.2. The van der Waals surface area contributed by atoms with Gasteiger partial charge in [-0.15, -0.1) is 11.8 Å². The van der Waals surface area contributed by atoms with Crippen LogP contribution >= 0.6 is 11.8 Å². The Morgan fingerprint density at radius 3 is 2.90 bits per heavy atom. The molecule has 21 heavy (non-hydrogen) atoms. The summed E-state index contributed by atoms with van der Waals surface area (Å²) in [5.41, 5.74) is 2.12. The summed E-state index contributed by atoms with van der Waals surface area (Å²) < 4.78 is 1.78. The van der Waals surface area contributed by atoms with Gasteiger partial charge in [0.15, 0.2) is 5.65 Å². The predicted molar refractivity (Wildman–Crippen MR) is 86.6 cm³/mol. The standard InChI is InChI=1S/C15H17N5S/c1-10-5-4-6-11(7-10)21-9-13-18-14(16-2)12-8-17-20(3)15(12)19-13/h4-8H,9H2,1-3H3,(H,16,18,19). The molecule has 3 rings (SSSR count). The number of nitrogens with zero attached hydrogens (tertiary/aromatic N) is 4. The average molecular weight is 299 g/mol. The summed E-state index contributed by atoms with van der Waals surface area (Å²) in [7, 11) is 3.76. The minimum atomic E-state index is 0.735. The molecule has 0 fully saturated rings. The first-order valence-electron chi connectivity index (χ1n) is 6.73. The minimum Gasteiger partial charge on any atom is -0.372 e. The quantitative estimate of drug-likeness (QED) is 0.751. The van der Waals surface area contributed by atoms with E-state index in [9.17, 15) is 0 Å². The van der Waals surface area contributed by atoms with E-state index in [2.05, 4.69) is 51.6 Å². The lowest BCUT2D eigenvalue weighted by molar-refractivity contribution is 0.782. The topological polar surface area (TPSA) is 55.6 Å². The zero-order valence-electron chi connectivity index (χ0n) is 12.3. The van der Waals surface area contributed by atoms with Crippen LogP contribution in [-0.2, 0) is 12.8 Å². The lowest BCUT2D eigenvalue weighted by Gasteiger charge is -2.06. The SMILES string of the molecule is CNc1nc(CSc2cccc(C)c2)nc2c1cnn2C. The Morgan fingerprint density at radius 2 is 2.14 bits per heavy atom. The van der Waals surface area contributed by atoms with Gasteiger partial charge in [0.2, 0.25) is 0 Å². The first kappa shape index (κ1) is 13.9. The fourth-order valence-electron chi connectivity index (χ4n) is 2.18. The minimum absolute atomic E-state index is 0.735. The van der Waals surface area contributed by atoms with Crippen LogP contribution in [0.1, 0.15) is 11.4 Å². The molecule has 0 aliphatic heterocycles. The van der Waals surface area contributed by atoms with Gasteiger partial charge >= 0.3 is 0 Å².